The average molecular weight is 544 g/mol. The standard InChI is InChI=1S/C22H33N5OS.HI/c1-4-20-17(2)29-21(26-20)9-10-24-22(23-3)25-15-18-7-5-6-8-19(18)16-27-11-13-28-14-12-27;/h5-8H,4,9-16H2,1-3H3,(H2,23,24,25);1H. The highest BCUT2D eigenvalue weighted by molar-refractivity contribution is 14.0. The molecule has 2 heterocycles. The number of morpholine rings is 1. The number of aryl methyl sites for hydroxylation is 2. The van der Waals surface area contributed by atoms with Crippen LogP contribution in [-0.2, 0) is 30.7 Å². The lowest BCUT2D eigenvalue weighted by atomic mass is 10.1. The SMILES string of the molecule is CCc1nc(CCNC(=NC)NCc2ccccc2CN2CCOCC2)sc1C.I. The maximum atomic E-state index is 5.46. The molecule has 30 heavy (non-hydrogen) atoms. The highest BCUT2D eigenvalue weighted by Gasteiger charge is 2.13. The Morgan fingerprint density at radius 3 is 2.60 bits per heavy atom. The van der Waals surface area contributed by atoms with Crippen LogP contribution < -0.4 is 10.6 Å². The van der Waals surface area contributed by atoms with Crippen molar-refractivity contribution < 1.29 is 4.74 Å². The van der Waals surface area contributed by atoms with Gasteiger partial charge in [-0.3, -0.25) is 9.89 Å². The van der Waals surface area contributed by atoms with E-state index in [-0.39, 0.29) is 24.0 Å². The number of hydrogen-bond acceptors (Lipinski definition) is 5. The lowest BCUT2D eigenvalue weighted by Crippen LogP contribution is -2.38. The maximum Gasteiger partial charge on any atom is 0.191 e. The zero-order valence-corrected chi connectivity index (χ0v) is 21.4. The largest absolute Gasteiger partial charge is 0.379 e. The van der Waals surface area contributed by atoms with E-state index in [0.29, 0.717) is 0 Å². The molecule has 0 bridgehead atoms. The molecule has 2 aromatic rings. The number of guanidine groups is 1. The smallest absolute Gasteiger partial charge is 0.191 e. The first-order valence-corrected chi connectivity index (χ1v) is 11.3. The van der Waals surface area contributed by atoms with E-state index in [0.717, 1.165) is 64.7 Å². The number of ether oxygens (including phenoxy) is 1. The van der Waals surface area contributed by atoms with E-state index < -0.39 is 0 Å². The van der Waals surface area contributed by atoms with Crippen molar-refractivity contribution in [2.24, 2.45) is 4.99 Å². The summed E-state index contributed by atoms with van der Waals surface area (Å²) in [6.07, 6.45) is 1.92. The summed E-state index contributed by atoms with van der Waals surface area (Å²) in [6, 6.07) is 8.64. The third-order valence-electron chi connectivity index (χ3n) is 5.19. The molecule has 1 aromatic heterocycles. The first-order valence-electron chi connectivity index (χ1n) is 10.5. The van der Waals surface area contributed by atoms with Gasteiger partial charge in [0.2, 0.25) is 0 Å². The lowest BCUT2D eigenvalue weighted by Gasteiger charge is -2.27. The second kappa shape index (κ2) is 13.2. The van der Waals surface area contributed by atoms with Crippen molar-refractivity contribution in [1.82, 2.24) is 20.5 Å². The van der Waals surface area contributed by atoms with Crippen molar-refractivity contribution >= 4 is 41.3 Å². The zero-order valence-electron chi connectivity index (χ0n) is 18.2. The van der Waals surface area contributed by atoms with E-state index in [4.69, 9.17) is 9.72 Å². The molecule has 1 aliphatic heterocycles. The second-order valence-corrected chi connectivity index (χ2v) is 8.51. The number of hydrogen-bond donors (Lipinski definition) is 2. The molecule has 1 fully saturated rings. The Bertz CT molecular complexity index is 805. The zero-order chi connectivity index (χ0) is 20.5. The third-order valence-corrected chi connectivity index (χ3v) is 6.26. The number of halogens is 1. The van der Waals surface area contributed by atoms with Crippen LogP contribution in [-0.4, -0.2) is 55.7 Å². The van der Waals surface area contributed by atoms with Gasteiger partial charge in [-0.2, -0.15) is 0 Å². The van der Waals surface area contributed by atoms with Crippen molar-refractivity contribution in [3.8, 4) is 0 Å². The second-order valence-electron chi connectivity index (χ2n) is 7.22. The molecular formula is C22H34IN5OS. The molecule has 2 N–H and O–H groups in total. The summed E-state index contributed by atoms with van der Waals surface area (Å²) in [5.41, 5.74) is 3.90. The van der Waals surface area contributed by atoms with Crippen LogP contribution >= 0.6 is 35.3 Å². The fraction of sp³-hybridized carbons (Fsp3) is 0.545. The van der Waals surface area contributed by atoms with Crippen LogP contribution in [0.5, 0.6) is 0 Å². The Morgan fingerprint density at radius 1 is 1.20 bits per heavy atom. The predicted octanol–water partition coefficient (Wildman–Crippen LogP) is 3.37. The average Bonchev–Trinajstić information content (AvgIpc) is 3.11. The van der Waals surface area contributed by atoms with Crippen LogP contribution in [0.2, 0.25) is 0 Å². The van der Waals surface area contributed by atoms with Gasteiger partial charge in [0.1, 0.15) is 0 Å². The molecule has 1 aromatic carbocycles. The number of rotatable bonds is 8. The summed E-state index contributed by atoms with van der Waals surface area (Å²) in [4.78, 5) is 12.9. The van der Waals surface area contributed by atoms with E-state index in [1.807, 2.05) is 7.05 Å². The number of thiazole rings is 1. The van der Waals surface area contributed by atoms with Crippen LogP contribution in [0.15, 0.2) is 29.3 Å². The Kier molecular flexibility index (Phi) is 11.0. The summed E-state index contributed by atoms with van der Waals surface area (Å²) >= 11 is 1.80. The van der Waals surface area contributed by atoms with Gasteiger partial charge in [-0.05, 0) is 24.5 Å². The molecule has 0 amide bonds. The highest BCUT2D eigenvalue weighted by atomic mass is 127. The van der Waals surface area contributed by atoms with Gasteiger partial charge in [-0.25, -0.2) is 4.98 Å². The minimum absolute atomic E-state index is 0. The van der Waals surface area contributed by atoms with Crippen molar-refractivity contribution in [2.45, 2.75) is 39.8 Å². The molecule has 3 rings (SSSR count). The van der Waals surface area contributed by atoms with Crippen molar-refractivity contribution in [3.05, 3.63) is 51.0 Å². The van der Waals surface area contributed by atoms with Crippen LogP contribution in [0.3, 0.4) is 0 Å². The van der Waals surface area contributed by atoms with Gasteiger partial charge < -0.3 is 15.4 Å². The number of aliphatic imine (C=N–C) groups is 1. The monoisotopic (exact) mass is 543 g/mol. The van der Waals surface area contributed by atoms with Gasteiger partial charge >= 0.3 is 0 Å². The number of nitrogens with one attached hydrogen (secondary N) is 2. The van der Waals surface area contributed by atoms with Gasteiger partial charge in [0.25, 0.3) is 0 Å². The fourth-order valence-corrected chi connectivity index (χ4v) is 4.52. The molecule has 0 atom stereocenters. The fourth-order valence-electron chi connectivity index (χ4n) is 3.49. The van der Waals surface area contributed by atoms with Gasteiger partial charge in [0, 0.05) is 51.1 Å². The normalized spacial score (nSPS) is 15.0. The summed E-state index contributed by atoms with van der Waals surface area (Å²) in [6.45, 7) is 10.5. The van der Waals surface area contributed by atoms with E-state index >= 15 is 0 Å². The maximum absolute atomic E-state index is 5.46. The van der Waals surface area contributed by atoms with Gasteiger partial charge in [0.15, 0.2) is 5.96 Å². The Morgan fingerprint density at radius 2 is 1.93 bits per heavy atom. The molecule has 0 radical (unpaired) electrons. The molecule has 0 saturated carbocycles. The van der Waals surface area contributed by atoms with Gasteiger partial charge in [-0.1, -0.05) is 31.2 Å². The number of aromatic nitrogens is 1. The molecule has 0 unspecified atom stereocenters. The Balaban J connectivity index is 0.00000320. The van der Waals surface area contributed by atoms with E-state index in [2.05, 4.69) is 58.6 Å². The van der Waals surface area contributed by atoms with Gasteiger partial charge in [0.05, 0.1) is 23.9 Å². The molecule has 0 aliphatic carbocycles. The van der Waals surface area contributed by atoms with Gasteiger partial charge in [-0.15, -0.1) is 35.3 Å². The van der Waals surface area contributed by atoms with E-state index in [9.17, 15) is 0 Å². The quantitative estimate of drug-likeness (QED) is 0.304. The minimum atomic E-state index is 0. The summed E-state index contributed by atoms with van der Waals surface area (Å²) in [5, 5.41) is 8.06. The Hall–Kier alpha value is -1.23. The summed E-state index contributed by atoms with van der Waals surface area (Å²) in [5.74, 6) is 0.829. The van der Waals surface area contributed by atoms with Crippen molar-refractivity contribution in [2.75, 3.05) is 39.9 Å². The Labute approximate surface area is 201 Å². The molecule has 8 heteroatoms. The van der Waals surface area contributed by atoms with Crippen LogP contribution in [0, 0.1) is 6.92 Å². The number of nitrogens with zero attached hydrogens (tertiary/aromatic N) is 3. The third kappa shape index (κ3) is 7.47. The van der Waals surface area contributed by atoms with Crippen LogP contribution in [0.4, 0.5) is 0 Å². The number of benzene rings is 1. The minimum Gasteiger partial charge on any atom is -0.379 e. The molecular weight excluding hydrogens is 509 g/mol. The summed E-state index contributed by atoms with van der Waals surface area (Å²) < 4.78 is 5.46. The molecule has 166 valence electrons. The van der Waals surface area contributed by atoms with E-state index in [1.54, 1.807) is 11.3 Å². The van der Waals surface area contributed by atoms with Crippen LogP contribution in [0.1, 0.15) is 33.6 Å². The first-order chi connectivity index (χ1) is 14.2. The lowest BCUT2D eigenvalue weighted by molar-refractivity contribution is 0.0341. The molecule has 6 nitrogen and oxygen atoms in total. The summed E-state index contributed by atoms with van der Waals surface area (Å²) in [7, 11) is 1.82. The van der Waals surface area contributed by atoms with Crippen molar-refractivity contribution in [3.63, 3.8) is 0 Å². The highest BCUT2D eigenvalue weighted by Crippen LogP contribution is 2.18. The van der Waals surface area contributed by atoms with Crippen molar-refractivity contribution in [1.29, 1.82) is 0 Å². The van der Waals surface area contributed by atoms with Crippen LogP contribution in [0.25, 0.3) is 0 Å². The molecule has 1 aliphatic rings. The predicted molar refractivity (Wildman–Crippen MR) is 136 cm³/mol. The topological polar surface area (TPSA) is 61.8 Å². The molecule has 0 spiro atoms. The first kappa shape index (κ1) is 25.0. The van der Waals surface area contributed by atoms with E-state index in [1.165, 1.54) is 26.7 Å². The molecule has 1 saturated heterocycles.